The van der Waals surface area contributed by atoms with Crippen molar-refractivity contribution in [3.05, 3.63) is 58.7 Å². The minimum atomic E-state index is 1.10. The van der Waals surface area contributed by atoms with Gasteiger partial charge in [0.1, 0.15) is 0 Å². The van der Waals surface area contributed by atoms with Crippen molar-refractivity contribution in [2.24, 2.45) is 0 Å². The lowest BCUT2D eigenvalue weighted by Crippen LogP contribution is -1.89. The number of allylic oxidation sites excluding steroid dienone is 6. The Labute approximate surface area is 103 Å². The maximum Gasteiger partial charge on any atom is -0.00852 e. The van der Waals surface area contributed by atoms with Crippen LogP contribution in [0.4, 0.5) is 0 Å². The molecule has 0 atom stereocenters. The van der Waals surface area contributed by atoms with E-state index in [0.717, 1.165) is 19.3 Å². The summed E-state index contributed by atoms with van der Waals surface area (Å²) in [6, 6.07) is 6.97. The van der Waals surface area contributed by atoms with Crippen LogP contribution in [0.2, 0.25) is 0 Å². The molecule has 0 heterocycles. The van der Waals surface area contributed by atoms with Crippen LogP contribution in [0, 0.1) is 0 Å². The summed E-state index contributed by atoms with van der Waals surface area (Å²) in [5, 5.41) is 0. The molecule has 2 aliphatic rings. The summed E-state index contributed by atoms with van der Waals surface area (Å²) in [7, 11) is 0. The average molecular weight is 222 g/mol. The molecule has 0 N–H and O–H groups in total. The second-order valence-corrected chi connectivity index (χ2v) is 4.76. The number of benzene rings is 1. The number of hydrogen-bond acceptors (Lipinski definition) is 0. The Hall–Kier alpha value is -1.56. The summed E-state index contributed by atoms with van der Waals surface area (Å²) in [6.45, 7) is 4.49. The third kappa shape index (κ3) is 1.51. The van der Waals surface area contributed by atoms with Crippen LogP contribution in [-0.2, 0) is 6.42 Å². The summed E-state index contributed by atoms with van der Waals surface area (Å²) < 4.78 is 0. The van der Waals surface area contributed by atoms with Crippen molar-refractivity contribution in [1.82, 2.24) is 0 Å². The molecule has 0 nitrogen and oxygen atoms in total. The molecule has 86 valence electrons. The molecule has 0 aromatic heterocycles. The first-order valence-electron chi connectivity index (χ1n) is 6.58. The molecule has 0 spiro atoms. The second-order valence-electron chi connectivity index (χ2n) is 4.76. The van der Waals surface area contributed by atoms with Gasteiger partial charge in [-0.15, -0.1) is 0 Å². The van der Waals surface area contributed by atoms with E-state index in [-0.39, 0.29) is 0 Å². The van der Waals surface area contributed by atoms with Crippen molar-refractivity contribution in [3.63, 3.8) is 0 Å². The van der Waals surface area contributed by atoms with E-state index >= 15 is 0 Å². The maximum atomic E-state index is 2.38. The highest BCUT2D eigenvalue weighted by atomic mass is 14.3. The summed E-state index contributed by atoms with van der Waals surface area (Å²) >= 11 is 0. The normalized spacial score (nSPS) is 16.9. The number of aryl methyl sites for hydroxylation is 1. The van der Waals surface area contributed by atoms with E-state index in [1.165, 1.54) is 22.3 Å². The third-order valence-corrected chi connectivity index (χ3v) is 3.87. The lowest BCUT2D eigenvalue weighted by molar-refractivity contribution is 1.13. The highest BCUT2D eigenvalue weighted by Gasteiger charge is 2.25. The minimum absolute atomic E-state index is 1.10. The van der Waals surface area contributed by atoms with Crippen LogP contribution >= 0.6 is 0 Å². The van der Waals surface area contributed by atoms with Crippen LogP contribution in [0.1, 0.15) is 43.4 Å². The van der Waals surface area contributed by atoms with Gasteiger partial charge in [-0.25, -0.2) is 0 Å². The van der Waals surface area contributed by atoms with Gasteiger partial charge in [0.05, 0.1) is 0 Å². The Balaban J connectivity index is 2.22. The van der Waals surface area contributed by atoms with Gasteiger partial charge in [0, 0.05) is 0 Å². The van der Waals surface area contributed by atoms with Crippen LogP contribution in [0.5, 0.6) is 0 Å². The van der Waals surface area contributed by atoms with E-state index in [1.807, 2.05) is 0 Å². The Bertz CT molecular complexity index is 553. The summed E-state index contributed by atoms with van der Waals surface area (Å²) in [4.78, 5) is 0. The van der Waals surface area contributed by atoms with E-state index in [4.69, 9.17) is 0 Å². The Morgan fingerprint density at radius 3 is 2.71 bits per heavy atom. The lowest BCUT2D eigenvalue weighted by atomic mass is 9.95. The van der Waals surface area contributed by atoms with Gasteiger partial charge in [0.25, 0.3) is 0 Å². The molecule has 0 radical (unpaired) electrons. The van der Waals surface area contributed by atoms with Crippen molar-refractivity contribution in [2.75, 3.05) is 0 Å². The highest BCUT2D eigenvalue weighted by Crippen LogP contribution is 2.45. The molecule has 1 aromatic carbocycles. The minimum Gasteiger partial charge on any atom is -0.0801 e. The van der Waals surface area contributed by atoms with Gasteiger partial charge < -0.3 is 0 Å². The van der Waals surface area contributed by atoms with E-state index in [2.05, 4.69) is 50.3 Å². The molecule has 0 saturated heterocycles. The van der Waals surface area contributed by atoms with Crippen molar-refractivity contribution < 1.29 is 0 Å². The number of rotatable bonds is 2. The third-order valence-electron chi connectivity index (χ3n) is 3.87. The second kappa shape index (κ2) is 4.03. The first kappa shape index (κ1) is 10.6. The van der Waals surface area contributed by atoms with Crippen molar-refractivity contribution in [1.29, 1.82) is 0 Å². The molecule has 0 heteroatoms. The Morgan fingerprint density at radius 1 is 1.06 bits per heavy atom. The van der Waals surface area contributed by atoms with Crippen molar-refractivity contribution in [3.8, 4) is 0 Å². The smallest absolute Gasteiger partial charge is 0.00852 e. The summed E-state index contributed by atoms with van der Waals surface area (Å²) in [6.07, 6.45) is 10.1. The van der Waals surface area contributed by atoms with Gasteiger partial charge in [-0.2, -0.15) is 0 Å². The maximum absolute atomic E-state index is 2.38. The standard InChI is InChI=1S/C17H18/c1-3-12-9-10-16-13(4-2)14-7-5-6-8-15(14)17(16)11-12/h5-6,8-11H,3-4,7H2,1-2H3. The van der Waals surface area contributed by atoms with Crippen LogP contribution in [-0.4, -0.2) is 0 Å². The fourth-order valence-corrected chi connectivity index (χ4v) is 2.96. The van der Waals surface area contributed by atoms with Crippen LogP contribution in [0.15, 0.2) is 42.0 Å². The topological polar surface area (TPSA) is 0 Å². The molecule has 0 aliphatic heterocycles. The first-order chi connectivity index (χ1) is 8.35. The lowest BCUT2D eigenvalue weighted by Gasteiger charge is -2.09. The van der Waals surface area contributed by atoms with Crippen LogP contribution in [0.25, 0.3) is 11.1 Å². The number of hydrogen-bond donors (Lipinski definition) is 0. The largest absolute Gasteiger partial charge is 0.0801 e. The Kier molecular flexibility index (Phi) is 2.51. The molecule has 17 heavy (non-hydrogen) atoms. The van der Waals surface area contributed by atoms with Crippen LogP contribution in [0.3, 0.4) is 0 Å². The van der Waals surface area contributed by atoms with Gasteiger partial charge in [0.2, 0.25) is 0 Å². The fraction of sp³-hybridized carbons (Fsp3) is 0.294. The monoisotopic (exact) mass is 222 g/mol. The Morgan fingerprint density at radius 2 is 1.94 bits per heavy atom. The van der Waals surface area contributed by atoms with Crippen molar-refractivity contribution in [2.45, 2.75) is 33.1 Å². The van der Waals surface area contributed by atoms with Gasteiger partial charge >= 0.3 is 0 Å². The fourth-order valence-electron chi connectivity index (χ4n) is 2.96. The molecule has 1 aromatic rings. The zero-order chi connectivity index (χ0) is 11.8. The van der Waals surface area contributed by atoms with Gasteiger partial charge in [-0.3, -0.25) is 0 Å². The first-order valence-corrected chi connectivity index (χ1v) is 6.58. The molecular formula is C17H18. The molecule has 0 saturated carbocycles. The molecule has 2 aliphatic carbocycles. The van der Waals surface area contributed by atoms with E-state index in [0.29, 0.717) is 0 Å². The average Bonchev–Trinajstić information content (AvgIpc) is 2.71. The predicted molar refractivity (Wildman–Crippen MR) is 74.8 cm³/mol. The molecule has 3 rings (SSSR count). The summed E-state index contributed by atoms with van der Waals surface area (Å²) in [5.74, 6) is 0. The molecule has 0 unspecified atom stereocenters. The van der Waals surface area contributed by atoms with Gasteiger partial charge in [0.15, 0.2) is 0 Å². The molecule has 0 fully saturated rings. The van der Waals surface area contributed by atoms with Crippen LogP contribution < -0.4 is 0 Å². The summed E-state index contributed by atoms with van der Waals surface area (Å²) in [5.41, 5.74) is 8.94. The highest BCUT2D eigenvalue weighted by molar-refractivity contribution is 6.01. The molecular weight excluding hydrogens is 204 g/mol. The molecule has 0 amide bonds. The quantitative estimate of drug-likeness (QED) is 0.676. The molecule has 0 bridgehead atoms. The van der Waals surface area contributed by atoms with E-state index < -0.39 is 0 Å². The van der Waals surface area contributed by atoms with Gasteiger partial charge in [-0.1, -0.05) is 50.3 Å². The zero-order valence-corrected chi connectivity index (χ0v) is 10.6. The zero-order valence-electron chi connectivity index (χ0n) is 10.6. The van der Waals surface area contributed by atoms with Crippen molar-refractivity contribution >= 4 is 11.1 Å². The van der Waals surface area contributed by atoms with E-state index in [9.17, 15) is 0 Å². The number of fused-ring (bicyclic) bond motifs is 3. The van der Waals surface area contributed by atoms with Gasteiger partial charge in [-0.05, 0) is 52.7 Å². The predicted octanol–water partition coefficient (Wildman–Crippen LogP) is 4.77. The SMILES string of the molecule is CCC1=C2CC=CC=C2c2cc(CC)ccc21. The van der Waals surface area contributed by atoms with E-state index in [1.54, 1.807) is 11.1 Å².